The lowest BCUT2D eigenvalue weighted by Crippen LogP contribution is -2.13. The standard InChI is InChI=1S/C18H23FN2O3/c1-4-24-9-5-8-20-18-14(11-17(22)23-3)12(2)21-16-7-6-13(19)10-15(16)18/h6-7,10H,4-5,8-9,11H2,1-3H3,(H,20,21). The summed E-state index contributed by atoms with van der Waals surface area (Å²) in [6, 6.07) is 4.46. The maximum Gasteiger partial charge on any atom is 0.310 e. The van der Waals surface area contributed by atoms with Crippen molar-refractivity contribution in [2.45, 2.75) is 26.7 Å². The van der Waals surface area contributed by atoms with E-state index < -0.39 is 0 Å². The van der Waals surface area contributed by atoms with E-state index in [1.807, 2.05) is 13.8 Å². The van der Waals surface area contributed by atoms with E-state index in [1.54, 1.807) is 6.07 Å². The third-order valence-electron chi connectivity index (χ3n) is 3.77. The summed E-state index contributed by atoms with van der Waals surface area (Å²) in [6.07, 6.45) is 0.902. The monoisotopic (exact) mass is 334 g/mol. The van der Waals surface area contributed by atoms with Gasteiger partial charge < -0.3 is 14.8 Å². The number of aromatic nitrogens is 1. The number of ether oxygens (including phenoxy) is 2. The number of carbonyl (C=O) groups is 1. The zero-order valence-electron chi connectivity index (χ0n) is 14.3. The van der Waals surface area contributed by atoms with Gasteiger partial charge in [0.1, 0.15) is 5.82 Å². The number of rotatable bonds is 8. The van der Waals surface area contributed by atoms with Gasteiger partial charge in [0, 0.05) is 42.1 Å². The smallest absolute Gasteiger partial charge is 0.310 e. The van der Waals surface area contributed by atoms with Crippen molar-refractivity contribution < 1.29 is 18.7 Å². The summed E-state index contributed by atoms with van der Waals surface area (Å²) in [5, 5.41) is 3.98. The molecule has 5 nitrogen and oxygen atoms in total. The Morgan fingerprint density at radius 3 is 2.88 bits per heavy atom. The number of pyridine rings is 1. The van der Waals surface area contributed by atoms with Crippen LogP contribution in [0, 0.1) is 12.7 Å². The minimum atomic E-state index is -0.354. The predicted octanol–water partition coefficient (Wildman–Crippen LogP) is 3.24. The second-order valence-corrected chi connectivity index (χ2v) is 5.44. The lowest BCUT2D eigenvalue weighted by molar-refractivity contribution is -0.139. The Hall–Kier alpha value is -2.21. The van der Waals surface area contributed by atoms with E-state index in [1.165, 1.54) is 19.2 Å². The first-order valence-corrected chi connectivity index (χ1v) is 8.04. The lowest BCUT2D eigenvalue weighted by atomic mass is 10.0. The Kier molecular flexibility index (Phi) is 6.49. The molecule has 0 aliphatic heterocycles. The number of esters is 1. The van der Waals surface area contributed by atoms with Crippen molar-refractivity contribution in [1.29, 1.82) is 0 Å². The highest BCUT2D eigenvalue weighted by Gasteiger charge is 2.16. The van der Waals surface area contributed by atoms with Gasteiger partial charge in [0.25, 0.3) is 0 Å². The second kappa shape index (κ2) is 8.59. The average Bonchev–Trinajstić information content (AvgIpc) is 2.57. The van der Waals surface area contributed by atoms with Gasteiger partial charge in [-0.3, -0.25) is 9.78 Å². The van der Waals surface area contributed by atoms with E-state index in [2.05, 4.69) is 10.3 Å². The van der Waals surface area contributed by atoms with Crippen molar-refractivity contribution in [1.82, 2.24) is 4.98 Å². The normalized spacial score (nSPS) is 10.8. The van der Waals surface area contributed by atoms with E-state index in [4.69, 9.17) is 9.47 Å². The van der Waals surface area contributed by atoms with Gasteiger partial charge in [0.15, 0.2) is 0 Å². The number of methoxy groups -OCH3 is 1. The van der Waals surface area contributed by atoms with Crippen molar-refractivity contribution in [2.24, 2.45) is 0 Å². The molecule has 1 N–H and O–H groups in total. The molecule has 0 aliphatic rings. The number of hydrogen-bond acceptors (Lipinski definition) is 5. The van der Waals surface area contributed by atoms with Crippen molar-refractivity contribution >= 4 is 22.6 Å². The molecule has 2 rings (SSSR count). The number of fused-ring (bicyclic) bond motifs is 1. The summed E-state index contributed by atoms with van der Waals surface area (Å²) in [5.74, 6) is -0.692. The summed E-state index contributed by atoms with van der Waals surface area (Å²) < 4.78 is 23.8. The van der Waals surface area contributed by atoms with Gasteiger partial charge in [-0.05, 0) is 38.5 Å². The molecule has 0 saturated heterocycles. The quantitative estimate of drug-likeness (QED) is 0.593. The molecular weight excluding hydrogens is 311 g/mol. The van der Waals surface area contributed by atoms with E-state index in [0.29, 0.717) is 30.7 Å². The molecular formula is C18H23FN2O3. The van der Waals surface area contributed by atoms with E-state index in [9.17, 15) is 9.18 Å². The van der Waals surface area contributed by atoms with Crippen LogP contribution in [0.3, 0.4) is 0 Å². The van der Waals surface area contributed by atoms with Crippen LogP contribution < -0.4 is 5.32 Å². The van der Waals surface area contributed by atoms with Crippen LogP contribution in [-0.2, 0) is 20.7 Å². The summed E-state index contributed by atoms with van der Waals surface area (Å²) in [7, 11) is 1.35. The first kappa shape index (κ1) is 18.1. The topological polar surface area (TPSA) is 60.5 Å². The molecule has 0 atom stereocenters. The van der Waals surface area contributed by atoms with Gasteiger partial charge in [-0.15, -0.1) is 0 Å². The van der Waals surface area contributed by atoms with Crippen LogP contribution in [0.5, 0.6) is 0 Å². The number of carbonyl (C=O) groups excluding carboxylic acids is 1. The zero-order chi connectivity index (χ0) is 17.5. The van der Waals surface area contributed by atoms with Crippen LogP contribution in [0.2, 0.25) is 0 Å². The highest BCUT2D eigenvalue weighted by atomic mass is 19.1. The first-order chi connectivity index (χ1) is 11.6. The number of aryl methyl sites for hydroxylation is 1. The van der Waals surface area contributed by atoms with Gasteiger partial charge >= 0.3 is 5.97 Å². The molecule has 2 aromatic rings. The molecule has 1 heterocycles. The Morgan fingerprint density at radius 2 is 2.17 bits per heavy atom. The maximum atomic E-state index is 13.7. The van der Waals surface area contributed by atoms with Crippen molar-refractivity contribution in [2.75, 3.05) is 32.2 Å². The molecule has 1 aromatic carbocycles. The molecule has 24 heavy (non-hydrogen) atoms. The van der Waals surface area contributed by atoms with Crippen LogP contribution in [0.15, 0.2) is 18.2 Å². The van der Waals surface area contributed by atoms with Crippen molar-refractivity contribution in [3.8, 4) is 0 Å². The minimum Gasteiger partial charge on any atom is -0.469 e. The molecule has 0 spiro atoms. The maximum absolute atomic E-state index is 13.7. The van der Waals surface area contributed by atoms with Crippen LogP contribution >= 0.6 is 0 Å². The van der Waals surface area contributed by atoms with Crippen molar-refractivity contribution in [3.05, 3.63) is 35.3 Å². The molecule has 0 aliphatic carbocycles. The summed E-state index contributed by atoms with van der Waals surface area (Å²) >= 11 is 0. The molecule has 6 heteroatoms. The largest absolute Gasteiger partial charge is 0.469 e. The Morgan fingerprint density at radius 1 is 1.38 bits per heavy atom. The van der Waals surface area contributed by atoms with Gasteiger partial charge in [0.05, 0.1) is 19.0 Å². The molecule has 0 saturated carbocycles. The lowest BCUT2D eigenvalue weighted by Gasteiger charge is -2.17. The Bertz CT molecular complexity index is 719. The minimum absolute atomic E-state index is 0.0928. The molecule has 130 valence electrons. The number of hydrogen-bond donors (Lipinski definition) is 1. The predicted molar refractivity (Wildman–Crippen MR) is 91.8 cm³/mol. The molecule has 0 fully saturated rings. The number of anilines is 1. The van der Waals surface area contributed by atoms with Crippen LogP contribution in [0.4, 0.5) is 10.1 Å². The molecule has 0 radical (unpaired) electrons. The highest BCUT2D eigenvalue weighted by Crippen LogP contribution is 2.29. The molecule has 0 unspecified atom stereocenters. The number of nitrogens with zero attached hydrogens (tertiary/aromatic N) is 1. The van der Waals surface area contributed by atoms with Crippen LogP contribution in [-0.4, -0.2) is 37.8 Å². The molecule has 1 aromatic heterocycles. The fourth-order valence-corrected chi connectivity index (χ4v) is 2.56. The average molecular weight is 334 g/mol. The summed E-state index contributed by atoms with van der Waals surface area (Å²) in [4.78, 5) is 16.2. The number of nitrogens with one attached hydrogen (secondary N) is 1. The summed E-state index contributed by atoms with van der Waals surface area (Å²) in [6.45, 7) is 5.77. The Balaban J connectivity index is 2.38. The van der Waals surface area contributed by atoms with E-state index in [-0.39, 0.29) is 18.2 Å². The van der Waals surface area contributed by atoms with Crippen molar-refractivity contribution in [3.63, 3.8) is 0 Å². The zero-order valence-corrected chi connectivity index (χ0v) is 14.3. The second-order valence-electron chi connectivity index (χ2n) is 5.44. The van der Waals surface area contributed by atoms with Gasteiger partial charge in [-0.25, -0.2) is 4.39 Å². The fourth-order valence-electron chi connectivity index (χ4n) is 2.56. The van der Waals surface area contributed by atoms with E-state index in [0.717, 1.165) is 23.4 Å². The van der Waals surface area contributed by atoms with Crippen LogP contribution in [0.25, 0.3) is 10.9 Å². The van der Waals surface area contributed by atoms with Gasteiger partial charge in [-0.2, -0.15) is 0 Å². The third-order valence-corrected chi connectivity index (χ3v) is 3.77. The van der Waals surface area contributed by atoms with E-state index >= 15 is 0 Å². The highest BCUT2D eigenvalue weighted by molar-refractivity contribution is 5.95. The van der Waals surface area contributed by atoms with Gasteiger partial charge in [-0.1, -0.05) is 0 Å². The Labute approximate surface area is 141 Å². The molecule has 0 bridgehead atoms. The first-order valence-electron chi connectivity index (χ1n) is 8.04. The SMILES string of the molecule is CCOCCCNc1c(CC(=O)OC)c(C)nc2ccc(F)cc12. The number of halogens is 1. The molecule has 0 amide bonds. The number of benzene rings is 1. The third kappa shape index (κ3) is 4.41. The van der Waals surface area contributed by atoms with Gasteiger partial charge in [0.2, 0.25) is 0 Å². The summed E-state index contributed by atoms with van der Waals surface area (Å²) in [5.41, 5.74) is 2.89. The van der Waals surface area contributed by atoms with Crippen LogP contribution in [0.1, 0.15) is 24.6 Å². The fraction of sp³-hybridized carbons (Fsp3) is 0.444.